The van der Waals surface area contributed by atoms with E-state index in [1.165, 1.54) is 0 Å². The van der Waals surface area contributed by atoms with Gasteiger partial charge in [0.2, 0.25) is 11.9 Å². The predicted molar refractivity (Wildman–Crippen MR) is 123 cm³/mol. The standard InChI is InChI=1S/C25H27N5O/c1-30(2)25-28-17-21(22-10-6-7-15-26-22)23(29-25)19-13-11-18(12-14-19)16-27-24(31)20-8-4-3-5-9-20/h3-4,6-7,10-15,17,20H,5,8-9,16H2,1-2H3,(H,27,31)/t20-/m0/s1. The Kier molecular flexibility index (Phi) is 6.36. The highest BCUT2D eigenvalue weighted by Gasteiger charge is 2.18. The molecule has 31 heavy (non-hydrogen) atoms. The molecule has 158 valence electrons. The fourth-order valence-electron chi connectivity index (χ4n) is 3.66. The number of carbonyl (C=O) groups excluding carboxylic acids is 1. The number of anilines is 1. The Labute approximate surface area is 183 Å². The van der Waals surface area contributed by atoms with E-state index in [1.807, 2.05) is 67.7 Å². The zero-order valence-electron chi connectivity index (χ0n) is 18.0. The van der Waals surface area contributed by atoms with Crippen molar-refractivity contribution in [1.29, 1.82) is 0 Å². The lowest BCUT2D eigenvalue weighted by Crippen LogP contribution is -2.30. The average Bonchev–Trinajstić information content (AvgIpc) is 2.83. The third kappa shape index (κ3) is 4.97. The van der Waals surface area contributed by atoms with E-state index < -0.39 is 0 Å². The molecule has 2 aromatic heterocycles. The molecule has 1 atom stereocenters. The first-order chi connectivity index (χ1) is 15.1. The van der Waals surface area contributed by atoms with Gasteiger partial charge in [0.15, 0.2) is 0 Å². The molecule has 3 aromatic rings. The number of amides is 1. The smallest absolute Gasteiger partial charge is 0.225 e. The number of benzene rings is 1. The average molecular weight is 414 g/mol. The van der Waals surface area contributed by atoms with E-state index in [0.717, 1.165) is 47.3 Å². The first kappa shape index (κ1) is 20.7. The van der Waals surface area contributed by atoms with Gasteiger partial charge in [0.1, 0.15) is 0 Å². The fourth-order valence-corrected chi connectivity index (χ4v) is 3.66. The Morgan fingerprint density at radius 2 is 1.94 bits per heavy atom. The van der Waals surface area contributed by atoms with Gasteiger partial charge in [-0.25, -0.2) is 9.97 Å². The van der Waals surface area contributed by atoms with Crippen molar-refractivity contribution in [1.82, 2.24) is 20.3 Å². The summed E-state index contributed by atoms with van der Waals surface area (Å²) in [7, 11) is 3.85. The Morgan fingerprint density at radius 1 is 1.10 bits per heavy atom. The maximum atomic E-state index is 12.4. The summed E-state index contributed by atoms with van der Waals surface area (Å²) in [6.07, 6.45) is 10.6. The lowest BCUT2D eigenvalue weighted by Gasteiger charge is -2.17. The zero-order valence-corrected chi connectivity index (χ0v) is 18.0. The van der Waals surface area contributed by atoms with Gasteiger partial charge in [-0.3, -0.25) is 9.78 Å². The Hall–Kier alpha value is -3.54. The van der Waals surface area contributed by atoms with Gasteiger partial charge in [-0.15, -0.1) is 0 Å². The number of aromatic nitrogens is 3. The number of nitrogens with zero attached hydrogens (tertiary/aromatic N) is 4. The van der Waals surface area contributed by atoms with E-state index in [-0.39, 0.29) is 11.8 Å². The van der Waals surface area contributed by atoms with Gasteiger partial charge in [-0.1, -0.05) is 42.5 Å². The van der Waals surface area contributed by atoms with Crippen LogP contribution in [0.5, 0.6) is 0 Å². The minimum Gasteiger partial charge on any atom is -0.352 e. The van der Waals surface area contributed by atoms with Crippen molar-refractivity contribution < 1.29 is 4.79 Å². The molecule has 0 radical (unpaired) electrons. The fraction of sp³-hybridized carbons (Fsp3) is 0.280. The van der Waals surface area contributed by atoms with Crippen molar-refractivity contribution in [2.45, 2.75) is 25.8 Å². The number of allylic oxidation sites excluding steroid dienone is 2. The minimum atomic E-state index is 0.0932. The van der Waals surface area contributed by atoms with Crippen LogP contribution >= 0.6 is 0 Å². The molecule has 4 rings (SSSR count). The number of hydrogen-bond donors (Lipinski definition) is 1. The van der Waals surface area contributed by atoms with Crippen molar-refractivity contribution in [3.05, 3.63) is 72.6 Å². The van der Waals surface area contributed by atoms with Crippen LogP contribution in [0.15, 0.2) is 67.0 Å². The predicted octanol–water partition coefficient (Wildman–Crippen LogP) is 4.24. The summed E-state index contributed by atoms with van der Waals surface area (Å²) < 4.78 is 0. The normalized spacial score (nSPS) is 15.5. The second-order valence-electron chi connectivity index (χ2n) is 7.94. The van der Waals surface area contributed by atoms with E-state index in [9.17, 15) is 4.79 Å². The molecule has 1 amide bonds. The van der Waals surface area contributed by atoms with Crippen molar-refractivity contribution >= 4 is 11.9 Å². The molecule has 0 saturated heterocycles. The number of rotatable bonds is 6. The van der Waals surface area contributed by atoms with E-state index in [2.05, 4.69) is 27.4 Å². The second kappa shape index (κ2) is 9.51. The van der Waals surface area contributed by atoms with Crippen molar-refractivity contribution in [3.63, 3.8) is 0 Å². The highest BCUT2D eigenvalue weighted by atomic mass is 16.1. The number of hydrogen-bond acceptors (Lipinski definition) is 5. The largest absolute Gasteiger partial charge is 0.352 e. The summed E-state index contributed by atoms with van der Waals surface area (Å²) in [4.78, 5) is 28.0. The highest BCUT2D eigenvalue weighted by Crippen LogP contribution is 2.30. The molecule has 6 heteroatoms. The van der Waals surface area contributed by atoms with Gasteiger partial charge in [0, 0.05) is 50.1 Å². The molecular formula is C25H27N5O. The molecule has 0 aliphatic heterocycles. The van der Waals surface area contributed by atoms with Gasteiger partial charge in [0.05, 0.1) is 11.4 Å². The van der Waals surface area contributed by atoms with Crippen LogP contribution in [-0.4, -0.2) is 35.0 Å². The van der Waals surface area contributed by atoms with Crippen LogP contribution < -0.4 is 10.2 Å². The van der Waals surface area contributed by atoms with Crippen molar-refractivity contribution in [2.75, 3.05) is 19.0 Å². The number of pyridine rings is 1. The third-order valence-corrected chi connectivity index (χ3v) is 5.45. The second-order valence-corrected chi connectivity index (χ2v) is 7.94. The first-order valence-corrected chi connectivity index (χ1v) is 10.6. The minimum absolute atomic E-state index is 0.0932. The Balaban J connectivity index is 1.54. The molecule has 0 saturated carbocycles. The van der Waals surface area contributed by atoms with Crippen molar-refractivity contribution in [2.24, 2.45) is 5.92 Å². The summed E-state index contributed by atoms with van der Waals surface area (Å²) in [5, 5.41) is 3.07. The van der Waals surface area contributed by atoms with Gasteiger partial charge in [0.25, 0.3) is 0 Å². The quantitative estimate of drug-likeness (QED) is 0.612. The van der Waals surface area contributed by atoms with Crippen LogP contribution in [0.25, 0.3) is 22.5 Å². The van der Waals surface area contributed by atoms with Crippen LogP contribution in [0.2, 0.25) is 0 Å². The van der Waals surface area contributed by atoms with Crippen molar-refractivity contribution in [3.8, 4) is 22.5 Å². The maximum absolute atomic E-state index is 12.4. The summed E-state index contributed by atoms with van der Waals surface area (Å²) >= 11 is 0. The maximum Gasteiger partial charge on any atom is 0.225 e. The van der Waals surface area contributed by atoms with Gasteiger partial charge in [-0.2, -0.15) is 0 Å². The topological polar surface area (TPSA) is 71.0 Å². The molecular weight excluding hydrogens is 386 g/mol. The van der Waals surface area contributed by atoms with Crippen LogP contribution in [0, 0.1) is 5.92 Å². The lowest BCUT2D eigenvalue weighted by molar-refractivity contribution is -0.125. The zero-order chi connectivity index (χ0) is 21.6. The molecule has 0 spiro atoms. The van der Waals surface area contributed by atoms with E-state index in [0.29, 0.717) is 12.5 Å². The molecule has 1 N–H and O–H groups in total. The molecule has 0 bridgehead atoms. The molecule has 1 aliphatic carbocycles. The summed E-state index contributed by atoms with van der Waals surface area (Å²) in [5.41, 5.74) is 4.60. The molecule has 2 heterocycles. The molecule has 0 fully saturated rings. The summed E-state index contributed by atoms with van der Waals surface area (Å²) in [5.74, 6) is 0.875. The summed E-state index contributed by atoms with van der Waals surface area (Å²) in [6.45, 7) is 0.527. The van der Waals surface area contributed by atoms with Crippen LogP contribution in [0.4, 0.5) is 5.95 Å². The lowest BCUT2D eigenvalue weighted by atomic mass is 9.93. The molecule has 0 unspecified atom stereocenters. The first-order valence-electron chi connectivity index (χ1n) is 10.6. The molecule has 1 aliphatic rings. The third-order valence-electron chi connectivity index (χ3n) is 5.45. The van der Waals surface area contributed by atoms with Crippen LogP contribution in [0.1, 0.15) is 24.8 Å². The van der Waals surface area contributed by atoms with Gasteiger partial charge >= 0.3 is 0 Å². The van der Waals surface area contributed by atoms with Crippen LogP contribution in [-0.2, 0) is 11.3 Å². The molecule has 6 nitrogen and oxygen atoms in total. The van der Waals surface area contributed by atoms with Crippen LogP contribution in [0.3, 0.4) is 0 Å². The van der Waals surface area contributed by atoms with E-state index >= 15 is 0 Å². The Bertz CT molecular complexity index is 1060. The highest BCUT2D eigenvalue weighted by molar-refractivity contribution is 5.80. The molecule has 1 aromatic carbocycles. The summed E-state index contributed by atoms with van der Waals surface area (Å²) in [6, 6.07) is 14.0. The monoisotopic (exact) mass is 413 g/mol. The number of carbonyl (C=O) groups is 1. The van der Waals surface area contributed by atoms with Gasteiger partial charge in [-0.05, 0) is 37.0 Å². The number of nitrogens with one attached hydrogen (secondary N) is 1. The SMILES string of the molecule is CN(C)c1ncc(-c2ccccn2)c(-c2ccc(CNC(=O)[C@H]3CC=CCC3)cc2)n1. The van der Waals surface area contributed by atoms with E-state index in [1.54, 1.807) is 6.20 Å². The van der Waals surface area contributed by atoms with Gasteiger partial charge < -0.3 is 10.2 Å². The Morgan fingerprint density at radius 3 is 2.61 bits per heavy atom. The van der Waals surface area contributed by atoms with E-state index in [4.69, 9.17) is 4.98 Å².